The molecule has 1 amide bonds. The summed E-state index contributed by atoms with van der Waals surface area (Å²) in [5, 5.41) is 0. The molecule has 0 atom stereocenters. The molecule has 1 aliphatic rings. The highest BCUT2D eigenvalue weighted by atomic mass is 35.5. The number of hydrogen-bond acceptors (Lipinski definition) is 4. The van der Waals surface area contributed by atoms with Gasteiger partial charge in [-0.1, -0.05) is 12.1 Å². The molecular formula is C19H31ClN2O3. The van der Waals surface area contributed by atoms with Gasteiger partial charge in [0.2, 0.25) is 5.91 Å². The normalized spacial score (nSPS) is 14.9. The molecule has 0 aliphatic carbocycles. The van der Waals surface area contributed by atoms with Crippen molar-refractivity contribution >= 4 is 18.3 Å². The largest absolute Gasteiger partial charge is 0.493 e. The second-order valence-electron chi connectivity index (χ2n) is 6.39. The van der Waals surface area contributed by atoms with Gasteiger partial charge in [-0.05, 0) is 56.8 Å². The topological polar surface area (TPSA) is 64.8 Å². The number of benzene rings is 1. The fourth-order valence-electron chi connectivity index (χ4n) is 2.89. The Morgan fingerprint density at radius 2 is 1.96 bits per heavy atom. The number of hydrogen-bond donors (Lipinski definition) is 1. The van der Waals surface area contributed by atoms with Crippen molar-refractivity contribution in [2.75, 3.05) is 32.8 Å². The number of likely N-dealkylation sites (tertiary alicyclic amines) is 1. The Morgan fingerprint density at radius 3 is 2.64 bits per heavy atom. The van der Waals surface area contributed by atoms with E-state index in [9.17, 15) is 4.79 Å². The molecule has 1 aliphatic heterocycles. The first kappa shape index (κ1) is 21.7. The number of aryl methyl sites for hydroxylation is 1. The molecule has 25 heavy (non-hydrogen) atoms. The molecule has 0 saturated carbocycles. The molecule has 0 spiro atoms. The average Bonchev–Trinajstić information content (AvgIpc) is 2.59. The van der Waals surface area contributed by atoms with Crippen molar-refractivity contribution in [2.45, 2.75) is 45.6 Å². The summed E-state index contributed by atoms with van der Waals surface area (Å²) in [6, 6.07) is 6.00. The van der Waals surface area contributed by atoms with Crippen LogP contribution in [0.4, 0.5) is 0 Å². The monoisotopic (exact) mass is 370 g/mol. The number of nitrogens with two attached hydrogens (primary N) is 1. The summed E-state index contributed by atoms with van der Waals surface area (Å²) in [5.41, 5.74) is 7.81. The van der Waals surface area contributed by atoms with E-state index < -0.39 is 0 Å². The molecule has 1 fully saturated rings. The minimum absolute atomic E-state index is 0. The predicted molar refractivity (Wildman–Crippen MR) is 103 cm³/mol. The van der Waals surface area contributed by atoms with Crippen LogP contribution in [-0.4, -0.2) is 49.8 Å². The van der Waals surface area contributed by atoms with E-state index in [4.69, 9.17) is 15.2 Å². The Balaban J connectivity index is 0.00000312. The molecule has 1 aromatic carbocycles. The third-order valence-electron chi connectivity index (χ3n) is 4.63. The molecule has 6 heteroatoms. The molecular weight excluding hydrogens is 340 g/mol. The highest BCUT2D eigenvalue weighted by Crippen LogP contribution is 2.21. The number of rotatable bonds is 8. The predicted octanol–water partition coefficient (Wildman–Crippen LogP) is 2.85. The molecule has 1 heterocycles. The Morgan fingerprint density at radius 1 is 1.24 bits per heavy atom. The van der Waals surface area contributed by atoms with Gasteiger partial charge >= 0.3 is 0 Å². The highest BCUT2D eigenvalue weighted by Gasteiger charge is 2.22. The van der Waals surface area contributed by atoms with Crippen LogP contribution in [-0.2, 0) is 9.53 Å². The van der Waals surface area contributed by atoms with Gasteiger partial charge in [-0.2, -0.15) is 0 Å². The standard InChI is InChI=1S/C19H30N2O3.ClH/c1-15-5-3-6-18(16(15)2)24-14-9-19(22)21-11-7-17(8-12-21)23-13-4-10-20;/h3,5-6,17H,4,7-14,20H2,1-2H3;1H. The summed E-state index contributed by atoms with van der Waals surface area (Å²) in [6.45, 7) is 7.47. The van der Waals surface area contributed by atoms with Crippen molar-refractivity contribution in [1.29, 1.82) is 0 Å². The van der Waals surface area contributed by atoms with Gasteiger partial charge in [0.25, 0.3) is 0 Å². The van der Waals surface area contributed by atoms with Crippen LogP contribution in [0.25, 0.3) is 0 Å². The van der Waals surface area contributed by atoms with E-state index in [0.717, 1.165) is 50.3 Å². The SMILES string of the molecule is Cc1cccc(OCCC(=O)N2CCC(OCCCN)CC2)c1C.Cl. The van der Waals surface area contributed by atoms with Crippen molar-refractivity contribution in [2.24, 2.45) is 5.73 Å². The number of nitrogens with zero attached hydrogens (tertiary/aromatic N) is 1. The Hall–Kier alpha value is -1.30. The van der Waals surface area contributed by atoms with Crippen molar-refractivity contribution in [3.05, 3.63) is 29.3 Å². The quantitative estimate of drug-likeness (QED) is 0.714. The van der Waals surface area contributed by atoms with Crippen LogP contribution in [0.2, 0.25) is 0 Å². The lowest BCUT2D eigenvalue weighted by atomic mass is 10.1. The fraction of sp³-hybridized carbons (Fsp3) is 0.632. The minimum atomic E-state index is 0. The lowest BCUT2D eigenvalue weighted by molar-refractivity contribution is -0.134. The maximum absolute atomic E-state index is 12.3. The van der Waals surface area contributed by atoms with E-state index in [1.807, 2.05) is 24.0 Å². The molecule has 1 aromatic rings. The highest BCUT2D eigenvalue weighted by molar-refractivity contribution is 5.85. The fourth-order valence-corrected chi connectivity index (χ4v) is 2.89. The number of halogens is 1. The van der Waals surface area contributed by atoms with Gasteiger partial charge in [0.1, 0.15) is 5.75 Å². The van der Waals surface area contributed by atoms with Crippen molar-refractivity contribution in [3.63, 3.8) is 0 Å². The summed E-state index contributed by atoms with van der Waals surface area (Å²) < 4.78 is 11.6. The van der Waals surface area contributed by atoms with Gasteiger partial charge in [0.15, 0.2) is 0 Å². The number of carbonyl (C=O) groups excluding carboxylic acids is 1. The second-order valence-corrected chi connectivity index (χ2v) is 6.39. The van der Waals surface area contributed by atoms with E-state index in [1.54, 1.807) is 0 Å². The van der Waals surface area contributed by atoms with Crippen LogP contribution >= 0.6 is 12.4 Å². The van der Waals surface area contributed by atoms with Crippen LogP contribution in [0.1, 0.15) is 36.8 Å². The van der Waals surface area contributed by atoms with E-state index in [2.05, 4.69) is 13.0 Å². The first-order valence-corrected chi connectivity index (χ1v) is 8.90. The first-order chi connectivity index (χ1) is 11.6. The lowest BCUT2D eigenvalue weighted by Crippen LogP contribution is -2.41. The van der Waals surface area contributed by atoms with Gasteiger partial charge in [0.05, 0.1) is 19.1 Å². The van der Waals surface area contributed by atoms with E-state index >= 15 is 0 Å². The molecule has 0 bridgehead atoms. The van der Waals surface area contributed by atoms with E-state index in [-0.39, 0.29) is 24.4 Å². The Labute approximate surface area is 157 Å². The second kappa shape index (κ2) is 11.3. The zero-order chi connectivity index (χ0) is 17.4. The number of amides is 1. The number of carbonyl (C=O) groups is 1. The molecule has 2 N–H and O–H groups in total. The molecule has 142 valence electrons. The molecule has 0 radical (unpaired) electrons. The van der Waals surface area contributed by atoms with Crippen LogP contribution in [0, 0.1) is 13.8 Å². The van der Waals surface area contributed by atoms with Crippen LogP contribution in [0.15, 0.2) is 18.2 Å². The van der Waals surface area contributed by atoms with Crippen molar-refractivity contribution in [1.82, 2.24) is 4.90 Å². The minimum Gasteiger partial charge on any atom is -0.493 e. The smallest absolute Gasteiger partial charge is 0.226 e. The zero-order valence-electron chi connectivity index (χ0n) is 15.3. The van der Waals surface area contributed by atoms with Crippen LogP contribution in [0.5, 0.6) is 5.75 Å². The summed E-state index contributed by atoms with van der Waals surface area (Å²) in [6.07, 6.45) is 3.41. The van der Waals surface area contributed by atoms with Crippen molar-refractivity contribution < 1.29 is 14.3 Å². The van der Waals surface area contributed by atoms with Gasteiger partial charge in [0, 0.05) is 19.7 Å². The summed E-state index contributed by atoms with van der Waals surface area (Å²) in [4.78, 5) is 14.2. The third kappa shape index (κ3) is 6.84. The number of piperidine rings is 1. The maximum atomic E-state index is 12.3. The first-order valence-electron chi connectivity index (χ1n) is 8.90. The summed E-state index contributed by atoms with van der Waals surface area (Å²) in [7, 11) is 0. The zero-order valence-corrected chi connectivity index (χ0v) is 16.1. The molecule has 5 nitrogen and oxygen atoms in total. The summed E-state index contributed by atoms with van der Waals surface area (Å²) in [5.74, 6) is 1.04. The van der Waals surface area contributed by atoms with Crippen molar-refractivity contribution in [3.8, 4) is 5.75 Å². The van der Waals surface area contributed by atoms with Gasteiger partial charge in [-0.15, -0.1) is 12.4 Å². The molecule has 2 rings (SSSR count). The van der Waals surface area contributed by atoms with Crippen LogP contribution < -0.4 is 10.5 Å². The lowest BCUT2D eigenvalue weighted by Gasteiger charge is -2.32. The van der Waals surface area contributed by atoms with Gasteiger partial charge in [-0.25, -0.2) is 0 Å². The number of ether oxygens (including phenoxy) is 2. The van der Waals surface area contributed by atoms with E-state index in [0.29, 0.717) is 19.6 Å². The molecule has 0 aromatic heterocycles. The Kier molecular flexibility index (Phi) is 9.86. The summed E-state index contributed by atoms with van der Waals surface area (Å²) >= 11 is 0. The van der Waals surface area contributed by atoms with Gasteiger partial charge in [-0.3, -0.25) is 4.79 Å². The third-order valence-corrected chi connectivity index (χ3v) is 4.63. The average molecular weight is 371 g/mol. The van der Waals surface area contributed by atoms with Gasteiger partial charge < -0.3 is 20.1 Å². The van der Waals surface area contributed by atoms with E-state index in [1.165, 1.54) is 5.56 Å². The Bertz CT molecular complexity index is 531. The molecule has 0 unspecified atom stereocenters. The maximum Gasteiger partial charge on any atom is 0.226 e. The molecule has 1 saturated heterocycles. The van der Waals surface area contributed by atoms with Crippen LogP contribution in [0.3, 0.4) is 0 Å².